The molecule has 0 aliphatic rings. The van der Waals surface area contributed by atoms with Crippen molar-refractivity contribution in [3.05, 3.63) is 36.2 Å². The van der Waals surface area contributed by atoms with Crippen LogP contribution in [0.2, 0.25) is 0 Å². The number of aryl methyl sites for hydroxylation is 1. The zero-order valence-electron chi connectivity index (χ0n) is 11.0. The number of hydrogen-bond donors (Lipinski definition) is 2. The standard InChI is InChI=1S/C12H16N4O2S/c1-9-12(8-13-14-9)19(17,18)15-10-6-4-5-7-11(10)16(2)3/h4-8,15H,1-3H3,(H,13,14). The lowest BCUT2D eigenvalue weighted by molar-refractivity contribution is 0.600. The van der Waals surface area contributed by atoms with Gasteiger partial charge in [-0.3, -0.25) is 9.82 Å². The molecule has 102 valence electrons. The number of aromatic amines is 1. The molecule has 7 heteroatoms. The fourth-order valence-electron chi connectivity index (χ4n) is 1.76. The topological polar surface area (TPSA) is 78.1 Å². The van der Waals surface area contributed by atoms with Gasteiger partial charge in [0, 0.05) is 14.1 Å². The predicted octanol–water partition coefficient (Wildman–Crippen LogP) is 1.58. The molecule has 19 heavy (non-hydrogen) atoms. The van der Waals surface area contributed by atoms with Gasteiger partial charge in [-0.2, -0.15) is 5.10 Å². The van der Waals surface area contributed by atoms with E-state index >= 15 is 0 Å². The van der Waals surface area contributed by atoms with E-state index < -0.39 is 10.0 Å². The summed E-state index contributed by atoms with van der Waals surface area (Å²) in [5.74, 6) is 0. The number of aromatic nitrogens is 2. The Morgan fingerprint density at radius 3 is 2.53 bits per heavy atom. The molecule has 0 atom stereocenters. The number of para-hydroxylation sites is 2. The number of benzene rings is 1. The van der Waals surface area contributed by atoms with E-state index in [0.29, 0.717) is 11.4 Å². The highest BCUT2D eigenvalue weighted by molar-refractivity contribution is 7.92. The van der Waals surface area contributed by atoms with Gasteiger partial charge in [-0.05, 0) is 19.1 Å². The number of rotatable bonds is 4. The highest BCUT2D eigenvalue weighted by Gasteiger charge is 2.20. The van der Waals surface area contributed by atoms with Crippen LogP contribution in [0.4, 0.5) is 11.4 Å². The minimum Gasteiger partial charge on any atom is -0.376 e. The van der Waals surface area contributed by atoms with E-state index in [-0.39, 0.29) is 4.90 Å². The van der Waals surface area contributed by atoms with Crippen LogP contribution in [-0.4, -0.2) is 32.7 Å². The van der Waals surface area contributed by atoms with E-state index in [1.807, 2.05) is 31.1 Å². The molecule has 0 amide bonds. The Hall–Kier alpha value is -2.02. The second-order valence-corrected chi connectivity index (χ2v) is 6.03. The first-order valence-corrected chi connectivity index (χ1v) is 7.19. The molecule has 0 aliphatic carbocycles. The van der Waals surface area contributed by atoms with Crippen LogP contribution in [0.25, 0.3) is 0 Å². The van der Waals surface area contributed by atoms with Gasteiger partial charge in [0.15, 0.2) is 0 Å². The van der Waals surface area contributed by atoms with Crippen LogP contribution < -0.4 is 9.62 Å². The summed E-state index contributed by atoms with van der Waals surface area (Å²) < 4.78 is 27.1. The average Bonchev–Trinajstić information content (AvgIpc) is 2.76. The summed E-state index contributed by atoms with van der Waals surface area (Å²) in [6.45, 7) is 1.67. The molecular formula is C12H16N4O2S. The lowest BCUT2D eigenvalue weighted by Gasteiger charge is -2.18. The van der Waals surface area contributed by atoms with E-state index in [1.165, 1.54) is 6.20 Å². The molecule has 0 radical (unpaired) electrons. The van der Waals surface area contributed by atoms with Gasteiger partial charge in [-0.15, -0.1) is 0 Å². The SMILES string of the molecule is Cc1[nH]ncc1S(=O)(=O)Nc1ccccc1N(C)C. The van der Waals surface area contributed by atoms with Crippen LogP contribution in [0.5, 0.6) is 0 Å². The van der Waals surface area contributed by atoms with Crippen LogP contribution in [0.3, 0.4) is 0 Å². The third-order valence-electron chi connectivity index (χ3n) is 2.70. The fourth-order valence-corrected chi connectivity index (χ4v) is 2.97. The van der Waals surface area contributed by atoms with Gasteiger partial charge in [0.1, 0.15) is 4.90 Å². The largest absolute Gasteiger partial charge is 0.376 e. The van der Waals surface area contributed by atoms with Crippen LogP contribution in [0.15, 0.2) is 35.4 Å². The van der Waals surface area contributed by atoms with Crippen molar-refractivity contribution in [2.75, 3.05) is 23.7 Å². The highest BCUT2D eigenvalue weighted by Crippen LogP contribution is 2.26. The molecule has 0 aliphatic heterocycles. The van der Waals surface area contributed by atoms with Crippen molar-refractivity contribution < 1.29 is 8.42 Å². The Morgan fingerprint density at radius 2 is 1.95 bits per heavy atom. The zero-order chi connectivity index (χ0) is 14.0. The average molecular weight is 280 g/mol. The summed E-state index contributed by atoms with van der Waals surface area (Å²) in [4.78, 5) is 2.00. The molecule has 2 N–H and O–H groups in total. The molecule has 2 aromatic rings. The molecule has 0 fully saturated rings. The second kappa shape index (κ2) is 4.93. The molecule has 2 rings (SSSR count). The van der Waals surface area contributed by atoms with E-state index in [1.54, 1.807) is 19.1 Å². The van der Waals surface area contributed by atoms with Gasteiger partial charge in [-0.1, -0.05) is 12.1 Å². The lowest BCUT2D eigenvalue weighted by atomic mass is 10.2. The Labute approximate surface area is 112 Å². The number of sulfonamides is 1. The summed E-state index contributed by atoms with van der Waals surface area (Å²) in [6, 6.07) is 7.21. The minimum absolute atomic E-state index is 0.154. The number of nitrogens with zero attached hydrogens (tertiary/aromatic N) is 2. The van der Waals surface area contributed by atoms with Crippen molar-refractivity contribution in [1.82, 2.24) is 10.2 Å². The molecule has 0 bridgehead atoms. The van der Waals surface area contributed by atoms with Crippen LogP contribution in [-0.2, 0) is 10.0 Å². The van der Waals surface area contributed by atoms with Crippen molar-refractivity contribution in [1.29, 1.82) is 0 Å². The molecule has 1 aromatic carbocycles. The van der Waals surface area contributed by atoms with E-state index in [4.69, 9.17) is 0 Å². The molecule has 1 aromatic heterocycles. The van der Waals surface area contributed by atoms with Gasteiger partial charge in [0.05, 0.1) is 23.3 Å². The second-order valence-electron chi connectivity index (χ2n) is 4.38. The van der Waals surface area contributed by atoms with Gasteiger partial charge in [0.25, 0.3) is 10.0 Å². The molecular weight excluding hydrogens is 264 g/mol. The quantitative estimate of drug-likeness (QED) is 0.891. The molecule has 0 saturated heterocycles. The molecule has 0 spiro atoms. The lowest BCUT2D eigenvalue weighted by Crippen LogP contribution is -2.17. The van der Waals surface area contributed by atoms with Crippen molar-refractivity contribution in [3.63, 3.8) is 0 Å². The maximum Gasteiger partial charge on any atom is 0.265 e. The first kappa shape index (κ1) is 13.4. The third-order valence-corrected chi connectivity index (χ3v) is 4.18. The summed E-state index contributed by atoms with van der Waals surface area (Å²) in [7, 11) is 0.0876. The van der Waals surface area contributed by atoms with Gasteiger partial charge in [0.2, 0.25) is 0 Å². The van der Waals surface area contributed by atoms with Crippen molar-refractivity contribution in [2.45, 2.75) is 11.8 Å². The minimum atomic E-state index is -3.63. The third kappa shape index (κ3) is 2.70. The maximum atomic E-state index is 12.3. The highest BCUT2D eigenvalue weighted by atomic mass is 32.2. The van der Waals surface area contributed by atoms with Crippen molar-refractivity contribution in [3.8, 4) is 0 Å². The normalized spacial score (nSPS) is 11.3. The molecule has 0 unspecified atom stereocenters. The zero-order valence-corrected chi connectivity index (χ0v) is 11.8. The molecule has 6 nitrogen and oxygen atoms in total. The van der Waals surface area contributed by atoms with Crippen LogP contribution in [0, 0.1) is 6.92 Å². The van der Waals surface area contributed by atoms with Crippen molar-refractivity contribution >= 4 is 21.4 Å². The van der Waals surface area contributed by atoms with Crippen LogP contribution in [0.1, 0.15) is 5.69 Å². The summed E-state index contributed by atoms with van der Waals surface area (Å²) >= 11 is 0. The summed E-state index contributed by atoms with van der Waals surface area (Å²) in [6.07, 6.45) is 1.30. The predicted molar refractivity (Wildman–Crippen MR) is 74.9 cm³/mol. The first-order chi connectivity index (χ1) is 8.92. The number of hydrogen-bond acceptors (Lipinski definition) is 4. The Bertz CT molecular complexity index is 677. The Kier molecular flexibility index (Phi) is 3.48. The fraction of sp³-hybridized carbons (Fsp3) is 0.250. The van der Waals surface area contributed by atoms with E-state index in [0.717, 1.165) is 5.69 Å². The van der Waals surface area contributed by atoms with E-state index in [2.05, 4.69) is 14.9 Å². The maximum absolute atomic E-state index is 12.3. The van der Waals surface area contributed by atoms with Gasteiger partial charge < -0.3 is 4.90 Å². The monoisotopic (exact) mass is 280 g/mol. The first-order valence-electron chi connectivity index (χ1n) is 5.71. The number of nitrogens with one attached hydrogen (secondary N) is 2. The summed E-state index contributed by atoms with van der Waals surface area (Å²) in [5.41, 5.74) is 1.84. The van der Waals surface area contributed by atoms with Gasteiger partial charge >= 0.3 is 0 Å². The molecule has 1 heterocycles. The van der Waals surface area contributed by atoms with Gasteiger partial charge in [-0.25, -0.2) is 8.42 Å². The van der Waals surface area contributed by atoms with E-state index in [9.17, 15) is 8.42 Å². The van der Waals surface area contributed by atoms with Crippen molar-refractivity contribution in [2.24, 2.45) is 0 Å². The van der Waals surface area contributed by atoms with Crippen LogP contribution >= 0.6 is 0 Å². The number of anilines is 2. The molecule has 0 saturated carbocycles. The Balaban J connectivity index is 2.39. The smallest absolute Gasteiger partial charge is 0.265 e. The Morgan fingerprint density at radius 1 is 1.26 bits per heavy atom. The summed E-state index contributed by atoms with van der Waals surface area (Å²) in [5, 5.41) is 6.35. The number of H-pyrrole nitrogens is 1.